The summed E-state index contributed by atoms with van der Waals surface area (Å²) in [7, 11) is 0. The zero-order valence-corrected chi connectivity index (χ0v) is 9.05. The summed E-state index contributed by atoms with van der Waals surface area (Å²) in [6, 6.07) is 0.599. The van der Waals surface area contributed by atoms with Crippen LogP contribution in [0.1, 0.15) is 39.5 Å². The number of nitrogens with one attached hydrogen (secondary N) is 1. The van der Waals surface area contributed by atoms with Gasteiger partial charge in [0.05, 0.1) is 0 Å². The second-order valence-electron chi connectivity index (χ2n) is 4.80. The number of allylic oxidation sites excluding steroid dienone is 2. The standard InChI is InChI=1S/C12H19NO/c1-8-3-6-12(9(8)2)13-10-4-5-11(14)7-10/h7-9,12-13H,3-6H2,1-2H3. The van der Waals surface area contributed by atoms with Crippen molar-refractivity contribution in [2.45, 2.75) is 45.6 Å². The Hall–Kier alpha value is -0.790. The van der Waals surface area contributed by atoms with Crippen LogP contribution in [0.4, 0.5) is 0 Å². The highest BCUT2D eigenvalue weighted by Crippen LogP contribution is 2.32. The van der Waals surface area contributed by atoms with Gasteiger partial charge in [-0.25, -0.2) is 0 Å². The van der Waals surface area contributed by atoms with E-state index in [2.05, 4.69) is 19.2 Å². The number of ketones is 1. The Balaban J connectivity index is 1.92. The first-order valence-corrected chi connectivity index (χ1v) is 5.67. The SMILES string of the molecule is CC1CCC(NC2=CC(=O)CC2)C1C. The Labute approximate surface area is 85.8 Å². The molecule has 14 heavy (non-hydrogen) atoms. The van der Waals surface area contributed by atoms with Gasteiger partial charge in [-0.3, -0.25) is 4.79 Å². The minimum atomic E-state index is 0.284. The molecule has 0 aliphatic heterocycles. The van der Waals surface area contributed by atoms with E-state index >= 15 is 0 Å². The lowest BCUT2D eigenvalue weighted by atomic mass is 9.97. The summed E-state index contributed by atoms with van der Waals surface area (Å²) in [5.41, 5.74) is 1.17. The third-order valence-electron chi connectivity index (χ3n) is 3.81. The van der Waals surface area contributed by atoms with Crippen LogP contribution in [0.5, 0.6) is 0 Å². The van der Waals surface area contributed by atoms with Crippen molar-refractivity contribution in [1.82, 2.24) is 5.32 Å². The zero-order valence-electron chi connectivity index (χ0n) is 9.05. The lowest BCUT2D eigenvalue weighted by Crippen LogP contribution is -2.31. The van der Waals surface area contributed by atoms with Gasteiger partial charge in [-0.1, -0.05) is 13.8 Å². The maximum absolute atomic E-state index is 11.1. The van der Waals surface area contributed by atoms with Crippen LogP contribution in [0.15, 0.2) is 11.8 Å². The van der Waals surface area contributed by atoms with Gasteiger partial charge < -0.3 is 5.32 Å². The molecule has 2 aliphatic rings. The van der Waals surface area contributed by atoms with E-state index in [4.69, 9.17) is 0 Å². The van der Waals surface area contributed by atoms with Gasteiger partial charge in [0, 0.05) is 24.2 Å². The molecule has 0 saturated heterocycles. The summed E-state index contributed by atoms with van der Waals surface area (Å²) in [5, 5.41) is 3.53. The third kappa shape index (κ3) is 1.84. The molecule has 2 heteroatoms. The van der Waals surface area contributed by atoms with Gasteiger partial charge in [-0.05, 0) is 31.1 Å². The van der Waals surface area contributed by atoms with Gasteiger partial charge in [0.1, 0.15) is 0 Å². The second kappa shape index (κ2) is 3.76. The zero-order chi connectivity index (χ0) is 10.1. The first-order valence-electron chi connectivity index (χ1n) is 5.67. The van der Waals surface area contributed by atoms with Crippen molar-refractivity contribution in [3.63, 3.8) is 0 Å². The van der Waals surface area contributed by atoms with Gasteiger partial charge in [-0.2, -0.15) is 0 Å². The molecule has 0 bridgehead atoms. The normalized spacial score (nSPS) is 37.4. The van der Waals surface area contributed by atoms with E-state index in [1.54, 1.807) is 6.08 Å². The molecule has 0 aromatic rings. The Morgan fingerprint density at radius 2 is 2.07 bits per heavy atom. The second-order valence-corrected chi connectivity index (χ2v) is 4.80. The van der Waals surface area contributed by atoms with Crippen molar-refractivity contribution >= 4 is 5.78 Å². The van der Waals surface area contributed by atoms with E-state index in [1.165, 1.54) is 18.5 Å². The van der Waals surface area contributed by atoms with Crippen LogP contribution in [-0.2, 0) is 4.79 Å². The van der Waals surface area contributed by atoms with Gasteiger partial charge in [0.2, 0.25) is 0 Å². The van der Waals surface area contributed by atoms with Crippen LogP contribution in [0.2, 0.25) is 0 Å². The van der Waals surface area contributed by atoms with E-state index < -0.39 is 0 Å². The van der Waals surface area contributed by atoms with Crippen molar-refractivity contribution in [2.24, 2.45) is 11.8 Å². The third-order valence-corrected chi connectivity index (χ3v) is 3.81. The predicted molar refractivity (Wildman–Crippen MR) is 56.8 cm³/mol. The minimum absolute atomic E-state index is 0.284. The molecule has 2 rings (SSSR count). The minimum Gasteiger partial charge on any atom is -0.385 e. The summed E-state index contributed by atoms with van der Waals surface area (Å²) < 4.78 is 0. The molecule has 1 saturated carbocycles. The summed E-state index contributed by atoms with van der Waals surface area (Å²) in [6.07, 6.45) is 6.00. The maximum atomic E-state index is 11.1. The number of rotatable bonds is 2. The Morgan fingerprint density at radius 3 is 2.57 bits per heavy atom. The molecule has 3 atom stereocenters. The fourth-order valence-electron chi connectivity index (χ4n) is 2.52. The molecular weight excluding hydrogens is 174 g/mol. The number of hydrogen-bond acceptors (Lipinski definition) is 2. The monoisotopic (exact) mass is 193 g/mol. The predicted octanol–water partition coefficient (Wildman–Crippen LogP) is 2.26. The van der Waals surface area contributed by atoms with Gasteiger partial charge in [0.25, 0.3) is 0 Å². The van der Waals surface area contributed by atoms with Gasteiger partial charge in [-0.15, -0.1) is 0 Å². The first kappa shape index (κ1) is 9.75. The molecule has 0 radical (unpaired) electrons. The van der Waals surface area contributed by atoms with E-state index in [0.29, 0.717) is 12.5 Å². The fraction of sp³-hybridized carbons (Fsp3) is 0.750. The summed E-state index contributed by atoms with van der Waals surface area (Å²) in [6.45, 7) is 4.63. The van der Waals surface area contributed by atoms with E-state index in [1.807, 2.05) is 0 Å². The summed E-state index contributed by atoms with van der Waals surface area (Å²) >= 11 is 0. The molecule has 78 valence electrons. The molecule has 1 fully saturated rings. The Kier molecular flexibility index (Phi) is 2.62. The van der Waals surface area contributed by atoms with Crippen LogP contribution in [0.25, 0.3) is 0 Å². The van der Waals surface area contributed by atoms with Crippen LogP contribution < -0.4 is 5.32 Å². The quantitative estimate of drug-likeness (QED) is 0.729. The smallest absolute Gasteiger partial charge is 0.157 e. The lowest BCUT2D eigenvalue weighted by Gasteiger charge is -2.21. The van der Waals surface area contributed by atoms with Crippen molar-refractivity contribution in [3.05, 3.63) is 11.8 Å². The molecule has 3 unspecified atom stereocenters. The van der Waals surface area contributed by atoms with Crippen molar-refractivity contribution in [1.29, 1.82) is 0 Å². The number of carbonyl (C=O) groups excluding carboxylic acids is 1. The highest BCUT2D eigenvalue weighted by atomic mass is 16.1. The molecule has 0 heterocycles. The highest BCUT2D eigenvalue weighted by molar-refractivity contribution is 5.92. The van der Waals surface area contributed by atoms with Crippen LogP contribution in [-0.4, -0.2) is 11.8 Å². The lowest BCUT2D eigenvalue weighted by molar-refractivity contribution is -0.114. The molecule has 2 aliphatic carbocycles. The first-order chi connectivity index (χ1) is 6.66. The molecule has 2 nitrogen and oxygen atoms in total. The molecule has 1 N–H and O–H groups in total. The number of carbonyl (C=O) groups is 1. The molecule has 0 spiro atoms. The van der Waals surface area contributed by atoms with Crippen LogP contribution >= 0.6 is 0 Å². The van der Waals surface area contributed by atoms with Crippen molar-refractivity contribution in [3.8, 4) is 0 Å². The Morgan fingerprint density at radius 1 is 1.29 bits per heavy atom. The summed E-state index contributed by atoms with van der Waals surface area (Å²) in [5.74, 6) is 1.85. The number of hydrogen-bond donors (Lipinski definition) is 1. The average Bonchev–Trinajstić information content (AvgIpc) is 2.67. The van der Waals surface area contributed by atoms with Gasteiger partial charge >= 0.3 is 0 Å². The van der Waals surface area contributed by atoms with E-state index in [9.17, 15) is 4.79 Å². The Bertz CT molecular complexity index is 269. The topological polar surface area (TPSA) is 29.1 Å². The van der Waals surface area contributed by atoms with Gasteiger partial charge in [0.15, 0.2) is 5.78 Å². The largest absolute Gasteiger partial charge is 0.385 e. The molecule has 0 aromatic heterocycles. The van der Waals surface area contributed by atoms with Crippen molar-refractivity contribution in [2.75, 3.05) is 0 Å². The van der Waals surface area contributed by atoms with E-state index in [-0.39, 0.29) is 5.78 Å². The van der Waals surface area contributed by atoms with Crippen LogP contribution in [0, 0.1) is 11.8 Å². The average molecular weight is 193 g/mol. The van der Waals surface area contributed by atoms with Crippen LogP contribution in [0.3, 0.4) is 0 Å². The summed E-state index contributed by atoms with van der Waals surface area (Å²) in [4.78, 5) is 11.1. The highest BCUT2D eigenvalue weighted by Gasteiger charge is 2.30. The fourth-order valence-corrected chi connectivity index (χ4v) is 2.52. The molecule has 0 aromatic carbocycles. The maximum Gasteiger partial charge on any atom is 0.157 e. The van der Waals surface area contributed by atoms with Crippen molar-refractivity contribution < 1.29 is 4.79 Å². The van der Waals surface area contributed by atoms with E-state index in [0.717, 1.165) is 18.3 Å². The molecule has 0 amide bonds. The molecular formula is C12H19NO.